The second kappa shape index (κ2) is 5.64. The molecule has 1 aliphatic heterocycles. The fourth-order valence-corrected chi connectivity index (χ4v) is 1.77. The second-order valence-corrected chi connectivity index (χ2v) is 5.48. The minimum atomic E-state index is -0.286. The summed E-state index contributed by atoms with van der Waals surface area (Å²) in [4.78, 5) is 13.8. The third-order valence-corrected chi connectivity index (χ3v) is 2.94. The number of nitrogens with two attached hydrogens (primary N) is 1. The van der Waals surface area contributed by atoms with Gasteiger partial charge in [-0.3, -0.25) is 4.79 Å². The van der Waals surface area contributed by atoms with E-state index in [0.717, 1.165) is 25.9 Å². The lowest BCUT2D eigenvalue weighted by atomic mass is 10.0. The van der Waals surface area contributed by atoms with Crippen LogP contribution in [0, 0.1) is 0 Å². The molecule has 1 aliphatic rings. The molecule has 0 saturated carbocycles. The largest absolute Gasteiger partial charge is 0.462 e. The molecule has 2 N–H and O–H groups in total. The van der Waals surface area contributed by atoms with E-state index in [1.807, 2.05) is 13.8 Å². The number of hydrogen-bond donors (Lipinski definition) is 1. The van der Waals surface area contributed by atoms with Crippen molar-refractivity contribution in [3.63, 3.8) is 0 Å². The molecule has 4 heteroatoms. The average Bonchev–Trinajstić information content (AvgIpc) is 2.18. The maximum Gasteiger partial charge on any atom is 0.306 e. The Morgan fingerprint density at radius 2 is 2.00 bits per heavy atom. The van der Waals surface area contributed by atoms with Crippen molar-refractivity contribution < 1.29 is 9.53 Å². The summed E-state index contributed by atoms with van der Waals surface area (Å²) in [6.07, 6.45) is 3.13. The van der Waals surface area contributed by atoms with Crippen LogP contribution in [-0.4, -0.2) is 42.6 Å². The Hall–Kier alpha value is -0.610. The first-order valence-corrected chi connectivity index (χ1v) is 6.04. The van der Waals surface area contributed by atoms with Crippen LogP contribution >= 0.6 is 0 Å². The quantitative estimate of drug-likeness (QED) is 0.733. The van der Waals surface area contributed by atoms with Crippen molar-refractivity contribution in [2.24, 2.45) is 5.73 Å². The highest BCUT2D eigenvalue weighted by atomic mass is 16.5. The van der Waals surface area contributed by atoms with E-state index < -0.39 is 0 Å². The summed E-state index contributed by atoms with van der Waals surface area (Å²) in [6, 6.07) is 0. The molecule has 0 aromatic carbocycles. The molecule has 0 amide bonds. The normalized spacial score (nSPS) is 19.8. The molecule has 4 nitrogen and oxygen atoms in total. The molecule has 0 aromatic heterocycles. The van der Waals surface area contributed by atoms with Crippen LogP contribution in [0.3, 0.4) is 0 Å². The Morgan fingerprint density at radius 1 is 1.44 bits per heavy atom. The number of carbonyl (C=O) groups is 1. The third kappa shape index (κ3) is 5.47. The summed E-state index contributed by atoms with van der Waals surface area (Å²) in [5.74, 6) is -0.104. The highest BCUT2D eigenvalue weighted by Crippen LogP contribution is 2.14. The molecule has 94 valence electrons. The van der Waals surface area contributed by atoms with Gasteiger partial charge in [0.1, 0.15) is 6.10 Å². The van der Waals surface area contributed by atoms with Gasteiger partial charge in [0.25, 0.3) is 0 Å². The number of esters is 1. The van der Waals surface area contributed by atoms with Gasteiger partial charge in [0.05, 0.1) is 0 Å². The predicted octanol–water partition coefficient (Wildman–Crippen LogP) is 1.14. The van der Waals surface area contributed by atoms with E-state index in [1.54, 1.807) is 0 Å². The van der Waals surface area contributed by atoms with Crippen molar-refractivity contribution in [2.75, 3.05) is 20.1 Å². The first-order chi connectivity index (χ1) is 7.37. The number of likely N-dealkylation sites (tertiary alicyclic amines) is 1. The minimum Gasteiger partial charge on any atom is -0.462 e. The molecule has 0 radical (unpaired) electrons. The maximum atomic E-state index is 11.5. The zero-order valence-electron chi connectivity index (χ0n) is 10.7. The van der Waals surface area contributed by atoms with Crippen molar-refractivity contribution in [3.8, 4) is 0 Å². The maximum absolute atomic E-state index is 11.5. The van der Waals surface area contributed by atoms with Gasteiger partial charge >= 0.3 is 5.97 Å². The van der Waals surface area contributed by atoms with Gasteiger partial charge in [0.15, 0.2) is 0 Å². The summed E-state index contributed by atoms with van der Waals surface area (Å²) < 4.78 is 5.41. The molecular weight excluding hydrogens is 204 g/mol. The van der Waals surface area contributed by atoms with Crippen molar-refractivity contribution in [1.29, 1.82) is 0 Å². The van der Waals surface area contributed by atoms with E-state index in [-0.39, 0.29) is 17.6 Å². The van der Waals surface area contributed by atoms with Crippen molar-refractivity contribution >= 4 is 5.97 Å². The standard InChI is InChI=1S/C12H24N2O2/c1-12(2,13)7-4-11(15)16-10-5-8-14(3)9-6-10/h10H,4-9,13H2,1-3H3. The molecule has 1 fully saturated rings. The molecular formula is C12H24N2O2. The molecule has 0 atom stereocenters. The van der Waals surface area contributed by atoms with Crippen LogP contribution in [0.4, 0.5) is 0 Å². The Labute approximate surface area is 98.1 Å². The van der Waals surface area contributed by atoms with Crippen LogP contribution < -0.4 is 5.73 Å². The second-order valence-electron chi connectivity index (χ2n) is 5.48. The number of carbonyl (C=O) groups excluding carboxylic acids is 1. The SMILES string of the molecule is CN1CCC(OC(=O)CCC(C)(C)N)CC1. The van der Waals surface area contributed by atoms with E-state index in [9.17, 15) is 4.79 Å². The molecule has 0 aromatic rings. The van der Waals surface area contributed by atoms with Crippen molar-refractivity contribution in [1.82, 2.24) is 4.90 Å². The van der Waals surface area contributed by atoms with Crippen LogP contribution in [0.25, 0.3) is 0 Å². The Kier molecular flexibility index (Phi) is 4.74. The lowest BCUT2D eigenvalue weighted by Crippen LogP contribution is -2.36. The Morgan fingerprint density at radius 3 is 2.50 bits per heavy atom. The van der Waals surface area contributed by atoms with Crippen LogP contribution in [0.15, 0.2) is 0 Å². The van der Waals surface area contributed by atoms with Gasteiger partial charge in [0, 0.05) is 25.0 Å². The topological polar surface area (TPSA) is 55.6 Å². The highest BCUT2D eigenvalue weighted by Gasteiger charge is 2.21. The molecule has 1 saturated heterocycles. The molecule has 0 aliphatic carbocycles. The number of rotatable bonds is 4. The van der Waals surface area contributed by atoms with Crippen LogP contribution in [-0.2, 0) is 9.53 Å². The molecule has 1 heterocycles. The van der Waals surface area contributed by atoms with Crippen LogP contribution in [0.1, 0.15) is 39.5 Å². The third-order valence-electron chi connectivity index (χ3n) is 2.94. The summed E-state index contributed by atoms with van der Waals surface area (Å²) in [7, 11) is 2.09. The lowest BCUT2D eigenvalue weighted by Gasteiger charge is -2.29. The summed E-state index contributed by atoms with van der Waals surface area (Å²) in [5.41, 5.74) is 5.53. The smallest absolute Gasteiger partial charge is 0.306 e. The summed E-state index contributed by atoms with van der Waals surface area (Å²) in [6.45, 7) is 5.88. The highest BCUT2D eigenvalue weighted by molar-refractivity contribution is 5.69. The summed E-state index contributed by atoms with van der Waals surface area (Å²) in [5, 5.41) is 0. The Balaban J connectivity index is 2.19. The number of hydrogen-bond acceptors (Lipinski definition) is 4. The zero-order chi connectivity index (χ0) is 12.2. The number of nitrogens with zero attached hydrogens (tertiary/aromatic N) is 1. The monoisotopic (exact) mass is 228 g/mol. The Bertz CT molecular complexity index is 228. The fourth-order valence-electron chi connectivity index (χ4n) is 1.77. The zero-order valence-corrected chi connectivity index (χ0v) is 10.7. The molecule has 0 unspecified atom stereocenters. The van der Waals surface area contributed by atoms with Crippen molar-refractivity contribution in [2.45, 2.75) is 51.2 Å². The van der Waals surface area contributed by atoms with E-state index in [4.69, 9.17) is 10.5 Å². The van der Waals surface area contributed by atoms with Crippen LogP contribution in [0.5, 0.6) is 0 Å². The summed E-state index contributed by atoms with van der Waals surface area (Å²) >= 11 is 0. The fraction of sp³-hybridized carbons (Fsp3) is 0.917. The van der Waals surface area contributed by atoms with Gasteiger partial charge in [-0.1, -0.05) is 0 Å². The van der Waals surface area contributed by atoms with Gasteiger partial charge < -0.3 is 15.4 Å². The number of piperidine rings is 1. The first kappa shape index (κ1) is 13.5. The number of ether oxygens (including phenoxy) is 1. The van der Waals surface area contributed by atoms with Gasteiger partial charge in [-0.25, -0.2) is 0 Å². The van der Waals surface area contributed by atoms with E-state index in [0.29, 0.717) is 12.8 Å². The van der Waals surface area contributed by atoms with Gasteiger partial charge in [-0.15, -0.1) is 0 Å². The first-order valence-electron chi connectivity index (χ1n) is 6.04. The average molecular weight is 228 g/mol. The molecule has 16 heavy (non-hydrogen) atoms. The van der Waals surface area contributed by atoms with Gasteiger partial charge in [-0.05, 0) is 40.2 Å². The lowest BCUT2D eigenvalue weighted by molar-refractivity contribution is -0.151. The van der Waals surface area contributed by atoms with Crippen LogP contribution in [0.2, 0.25) is 0 Å². The minimum absolute atomic E-state index is 0.104. The molecule has 1 rings (SSSR count). The molecule has 0 spiro atoms. The van der Waals surface area contributed by atoms with Gasteiger partial charge in [0.2, 0.25) is 0 Å². The van der Waals surface area contributed by atoms with E-state index in [2.05, 4.69) is 11.9 Å². The molecule has 0 bridgehead atoms. The van der Waals surface area contributed by atoms with E-state index >= 15 is 0 Å². The van der Waals surface area contributed by atoms with E-state index in [1.165, 1.54) is 0 Å². The van der Waals surface area contributed by atoms with Crippen molar-refractivity contribution in [3.05, 3.63) is 0 Å². The predicted molar refractivity (Wildman–Crippen MR) is 64.1 cm³/mol. The van der Waals surface area contributed by atoms with Gasteiger partial charge in [-0.2, -0.15) is 0 Å².